The Morgan fingerprint density at radius 3 is 2.72 bits per heavy atom. The van der Waals surface area contributed by atoms with E-state index in [9.17, 15) is 14.7 Å². The molecule has 0 fully saturated rings. The van der Waals surface area contributed by atoms with Crippen molar-refractivity contribution >= 4 is 11.9 Å². The van der Waals surface area contributed by atoms with Gasteiger partial charge in [-0.25, -0.2) is 0 Å². The number of rotatable bonds is 6. The van der Waals surface area contributed by atoms with E-state index in [-0.39, 0.29) is 24.6 Å². The number of carbonyl (C=O) groups excluding carboxylic acids is 2. The Balaban J connectivity index is 2.29. The molecule has 0 aliphatic rings. The molecule has 18 heavy (non-hydrogen) atoms. The molecule has 98 valence electrons. The topological polar surface area (TPSA) is 75.6 Å². The lowest BCUT2D eigenvalue weighted by Gasteiger charge is -2.06. The van der Waals surface area contributed by atoms with Gasteiger partial charge in [0, 0.05) is 6.42 Å². The summed E-state index contributed by atoms with van der Waals surface area (Å²) < 4.78 is 4.68. The van der Waals surface area contributed by atoms with Crippen molar-refractivity contribution in [1.29, 1.82) is 0 Å². The number of aromatic hydroxyl groups is 1. The third kappa shape index (κ3) is 4.86. The molecule has 0 aromatic heterocycles. The van der Waals surface area contributed by atoms with E-state index in [2.05, 4.69) is 10.1 Å². The lowest BCUT2D eigenvalue weighted by molar-refractivity contribution is -0.143. The molecule has 5 nitrogen and oxygen atoms in total. The predicted octanol–water partition coefficient (Wildman–Crippen LogP) is 1.00. The van der Waals surface area contributed by atoms with E-state index in [0.717, 1.165) is 0 Å². The van der Waals surface area contributed by atoms with Crippen LogP contribution in [0.3, 0.4) is 0 Å². The summed E-state index contributed by atoms with van der Waals surface area (Å²) in [6.07, 6.45) is 0.651. The van der Waals surface area contributed by atoms with Gasteiger partial charge in [-0.05, 0) is 25.0 Å². The van der Waals surface area contributed by atoms with Crippen LogP contribution in [0.5, 0.6) is 5.75 Å². The third-order valence-electron chi connectivity index (χ3n) is 2.35. The smallest absolute Gasteiger partial charge is 0.325 e. The lowest BCUT2D eigenvalue weighted by atomic mass is 10.1. The summed E-state index contributed by atoms with van der Waals surface area (Å²) in [5, 5.41) is 12.0. The molecule has 0 atom stereocenters. The van der Waals surface area contributed by atoms with Crippen molar-refractivity contribution in [1.82, 2.24) is 5.32 Å². The molecule has 1 aromatic carbocycles. The SMILES string of the molecule is CCOC(=O)CNC(=O)CCc1ccccc1O. The van der Waals surface area contributed by atoms with Gasteiger partial charge in [0.15, 0.2) is 0 Å². The van der Waals surface area contributed by atoms with Crippen LogP contribution in [0.1, 0.15) is 18.9 Å². The number of phenolic OH excluding ortho intramolecular Hbond substituents is 1. The van der Waals surface area contributed by atoms with Crippen LogP contribution in [-0.2, 0) is 20.7 Å². The van der Waals surface area contributed by atoms with Crippen LogP contribution in [-0.4, -0.2) is 30.1 Å². The Morgan fingerprint density at radius 2 is 2.06 bits per heavy atom. The number of amides is 1. The molecule has 1 aromatic rings. The van der Waals surface area contributed by atoms with E-state index in [4.69, 9.17) is 0 Å². The Morgan fingerprint density at radius 1 is 1.33 bits per heavy atom. The normalized spacial score (nSPS) is 9.83. The average molecular weight is 251 g/mol. The van der Waals surface area contributed by atoms with Gasteiger partial charge < -0.3 is 15.2 Å². The maximum atomic E-state index is 11.4. The van der Waals surface area contributed by atoms with Crippen LogP contribution >= 0.6 is 0 Å². The second-order valence-electron chi connectivity index (χ2n) is 3.71. The fourth-order valence-corrected chi connectivity index (χ4v) is 1.44. The monoisotopic (exact) mass is 251 g/mol. The highest BCUT2D eigenvalue weighted by molar-refractivity contribution is 5.82. The maximum Gasteiger partial charge on any atom is 0.325 e. The Hall–Kier alpha value is -2.04. The molecule has 0 aliphatic heterocycles. The van der Waals surface area contributed by atoms with E-state index in [1.165, 1.54) is 0 Å². The van der Waals surface area contributed by atoms with Crippen molar-refractivity contribution in [2.24, 2.45) is 0 Å². The molecule has 0 aliphatic carbocycles. The number of phenols is 1. The zero-order valence-electron chi connectivity index (χ0n) is 10.3. The standard InChI is InChI=1S/C13H17NO4/c1-2-18-13(17)9-14-12(16)8-7-10-5-3-4-6-11(10)15/h3-6,15H,2,7-9H2,1H3,(H,14,16). The molecular formula is C13H17NO4. The minimum absolute atomic E-state index is 0.118. The molecule has 0 spiro atoms. The van der Waals surface area contributed by atoms with Crippen LogP contribution in [0.15, 0.2) is 24.3 Å². The molecule has 1 amide bonds. The molecule has 0 radical (unpaired) electrons. The van der Waals surface area contributed by atoms with E-state index in [1.807, 2.05) is 0 Å². The van der Waals surface area contributed by atoms with E-state index in [0.29, 0.717) is 18.6 Å². The Labute approximate surface area is 106 Å². The highest BCUT2D eigenvalue weighted by Crippen LogP contribution is 2.16. The third-order valence-corrected chi connectivity index (χ3v) is 2.35. The van der Waals surface area contributed by atoms with Gasteiger partial charge in [-0.15, -0.1) is 0 Å². The van der Waals surface area contributed by atoms with Gasteiger partial charge in [-0.3, -0.25) is 9.59 Å². The number of esters is 1. The molecule has 5 heteroatoms. The van der Waals surface area contributed by atoms with E-state index < -0.39 is 5.97 Å². The summed E-state index contributed by atoms with van der Waals surface area (Å²) in [5.41, 5.74) is 0.712. The molecule has 2 N–H and O–H groups in total. The van der Waals surface area contributed by atoms with Gasteiger partial charge in [0.1, 0.15) is 12.3 Å². The molecule has 0 bridgehead atoms. The second kappa shape index (κ2) is 7.32. The van der Waals surface area contributed by atoms with Crippen LogP contribution in [0, 0.1) is 0 Å². The van der Waals surface area contributed by atoms with Crippen LogP contribution < -0.4 is 5.32 Å². The molecular weight excluding hydrogens is 234 g/mol. The maximum absolute atomic E-state index is 11.4. The van der Waals surface area contributed by atoms with E-state index >= 15 is 0 Å². The van der Waals surface area contributed by atoms with Crippen molar-refractivity contribution in [2.45, 2.75) is 19.8 Å². The predicted molar refractivity (Wildman–Crippen MR) is 66.1 cm³/mol. The quantitative estimate of drug-likeness (QED) is 0.740. The number of nitrogens with one attached hydrogen (secondary N) is 1. The average Bonchev–Trinajstić information content (AvgIpc) is 2.36. The first-order chi connectivity index (χ1) is 8.63. The zero-order valence-corrected chi connectivity index (χ0v) is 10.3. The fourth-order valence-electron chi connectivity index (χ4n) is 1.44. The van der Waals surface area contributed by atoms with Crippen molar-refractivity contribution in [3.8, 4) is 5.75 Å². The highest BCUT2D eigenvalue weighted by atomic mass is 16.5. The summed E-state index contributed by atoms with van der Waals surface area (Å²) in [6, 6.07) is 6.85. The number of benzene rings is 1. The first kappa shape index (κ1) is 14.0. The van der Waals surface area contributed by atoms with Crippen molar-refractivity contribution < 1.29 is 19.4 Å². The molecule has 0 saturated carbocycles. The lowest BCUT2D eigenvalue weighted by Crippen LogP contribution is -2.30. The fraction of sp³-hybridized carbons (Fsp3) is 0.385. The van der Waals surface area contributed by atoms with Gasteiger partial charge in [-0.1, -0.05) is 18.2 Å². The molecule has 0 unspecified atom stereocenters. The van der Waals surface area contributed by atoms with Crippen molar-refractivity contribution in [2.75, 3.05) is 13.2 Å². The summed E-state index contributed by atoms with van der Waals surface area (Å²) in [5.74, 6) is -0.518. The first-order valence-corrected chi connectivity index (χ1v) is 5.82. The number of hydrogen-bond acceptors (Lipinski definition) is 4. The Kier molecular flexibility index (Phi) is 5.70. The summed E-state index contributed by atoms with van der Waals surface area (Å²) >= 11 is 0. The summed E-state index contributed by atoms with van der Waals surface area (Å²) in [6.45, 7) is 1.89. The molecule has 0 saturated heterocycles. The van der Waals surface area contributed by atoms with Crippen LogP contribution in [0.2, 0.25) is 0 Å². The van der Waals surface area contributed by atoms with Gasteiger partial charge in [-0.2, -0.15) is 0 Å². The van der Waals surface area contributed by atoms with Crippen molar-refractivity contribution in [3.05, 3.63) is 29.8 Å². The number of hydrogen-bond donors (Lipinski definition) is 2. The number of aryl methyl sites for hydroxylation is 1. The number of carbonyl (C=O) groups is 2. The van der Waals surface area contributed by atoms with Gasteiger partial charge in [0.05, 0.1) is 6.61 Å². The molecule has 0 heterocycles. The van der Waals surface area contributed by atoms with Gasteiger partial charge in [0.2, 0.25) is 5.91 Å². The number of ether oxygens (including phenoxy) is 1. The summed E-state index contributed by atoms with van der Waals surface area (Å²) in [4.78, 5) is 22.4. The largest absolute Gasteiger partial charge is 0.508 e. The second-order valence-corrected chi connectivity index (χ2v) is 3.71. The zero-order chi connectivity index (χ0) is 13.4. The molecule has 1 rings (SSSR count). The first-order valence-electron chi connectivity index (χ1n) is 5.82. The number of para-hydroxylation sites is 1. The summed E-state index contributed by atoms with van der Waals surface area (Å²) in [7, 11) is 0. The minimum Gasteiger partial charge on any atom is -0.508 e. The van der Waals surface area contributed by atoms with Gasteiger partial charge in [0.25, 0.3) is 0 Å². The van der Waals surface area contributed by atoms with E-state index in [1.54, 1.807) is 31.2 Å². The Bertz CT molecular complexity index is 417. The van der Waals surface area contributed by atoms with Gasteiger partial charge >= 0.3 is 5.97 Å². The van der Waals surface area contributed by atoms with Crippen molar-refractivity contribution in [3.63, 3.8) is 0 Å². The van der Waals surface area contributed by atoms with Crippen LogP contribution in [0.25, 0.3) is 0 Å². The van der Waals surface area contributed by atoms with Crippen LogP contribution in [0.4, 0.5) is 0 Å². The minimum atomic E-state index is -0.451. The highest BCUT2D eigenvalue weighted by Gasteiger charge is 2.07.